The molecule has 0 radical (unpaired) electrons. The van der Waals surface area contributed by atoms with E-state index in [-0.39, 0.29) is 16.9 Å². The number of nitrogens with one attached hydrogen (secondary N) is 1. The number of carbonyl (C=O) groups excluding carboxylic acids is 1. The van der Waals surface area contributed by atoms with Gasteiger partial charge in [0.05, 0.1) is 5.56 Å². The monoisotopic (exact) mass is 473 g/mol. The first-order valence-corrected chi connectivity index (χ1v) is 11.5. The van der Waals surface area contributed by atoms with Gasteiger partial charge in [-0.1, -0.05) is 18.9 Å². The van der Waals surface area contributed by atoms with E-state index in [2.05, 4.69) is 5.32 Å². The highest BCUT2D eigenvalue weighted by Gasteiger charge is 2.22. The van der Waals surface area contributed by atoms with E-state index in [0.29, 0.717) is 57.8 Å². The Morgan fingerprint density at radius 1 is 0.914 bits per heavy atom. The number of benzene rings is 3. The van der Waals surface area contributed by atoms with Crippen LogP contribution in [-0.2, 0) is 4.79 Å². The summed E-state index contributed by atoms with van der Waals surface area (Å²) in [5.41, 5.74) is 14.2. The minimum Gasteiger partial charge on any atom is -0.478 e. The third-order valence-corrected chi connectivity index (χ3v) is 5.88. The topological polar surface area (TPSA) is 149 Å². The minimum absolute atomic E-state index is 0.0163. The van der Waals surface area contributed by atoms with Crippen molar-refractivity contribution in [2.75, 3.05) is 17.6 Å². The number of aromatic carboxylic acids is 1. The Labute approximate surface area is 201 Å². The van der Waals surface area contributed by atoms with Crippen LogP contribution < -0.4 is 22.2 Å². The second-order valence-corrected chi connectivity index (χ2v) is 8.46. The Bertz CT molecular complexity index is 1430. The lowest BCUT2D eigenvalue weighted by molar-refractivity contribution is -0.116. The maximum atomic E-state index is 12.4. The van der Waals surface area contributed by atoms with Crippen molar-refractivity contribution >= 4 is 34.2 Å². The zero-order valence-electron chi connectivity index (χ0n) is 19.2. The van der Waals surface area contributed by atoms with Gasteiger partial charge in [-0.25, -0.2) is 4.79 Å². The first-order chi connectivity index (χ1) is 16.9. The molecule has 4 rings (SSSR count). The van der Waals surface area contributed by atoms with Crippen molar-refractivity contribution in [2.45, 2.75) is 32.1 Å². The number of nitrogen functional groups attached to an aromatic ring is 1. The lowest BCUT2D eigenvalue weighted by Crippen LogP contribution is -2.12. The maximum Gasteiger partial charge on any atom is 0.336 e. The standard InChI is InChI=1S/C27H27N3O5/c28-12-4-2-1-3-5-25(32)30-17-7-10-19(22(14-17)27(33)34)26-20-9-6-16(29)13-23(20)35-24-15-18(31)8-11-21(24)26/h6-11,13-15H,1-5,12,28-29H2,(H,30,32)(H,33,34). The van der Waals surface area contributed by atoms with E-state index >= 15 is 0 Å². The fourth-order valence-corrected chi connectivity index (χ4v) is 4.20. The normalized spacial score (nSPS) is 11.1. The van der Waals surface area contributed by atoms with Gasteiger partial charge >= 0.3 is 5.97 Å². The predicted molar refractivity (Wildman–Crippen MR) is 137 cm³/mol. The summed E-state index contributed by atoms with van der Waals surface area (Å²) in [6, 6.07) is 14.3. The molecule has 0 fully saturated rings. The number of unbranched alkanes of at least 4 members (excludes halogenated alkanes) is 3. The Balaban J connectivity index is 1.74. The van der Waals surface area contributed by atoms with E-state index in [1.165, 1.54) is 18.2 Å². The number of rotatable bonds is 9. The Kier molecular flexibility index (Phi) is 7.12. The highest BCUT2D eigenvalue weighted by Crippen LogP contribution is 2.42. The highest BCUT2D eigenvalue weighted by atomic mass is 16.4. The van der Waals surface area contributed by atoms with Gasteiger partial charge in [0.1, 0.15) is 11.3 Å². The lowest BCUT2D eigenvalue weighted by atomic mass is 9.90. The fraction of sp³-hybridized carbons (Fsp3) is 0.222. The second-order valence-electron chi connectivity index (χ2n) is 8.46. The number of fused-ring (bicyclic) bond motifs is 2. The van der Waals surface area contributed by atoms with Gasteiger partial charge in [0.25, 0.3) is 0 Å². The summed E-state index contributed by atoms with van der Waals surface area (Å²) in [5.74, 6) is -0.987. The van der Waals surface area contributed by atoms with Gasteiger partial charge in [-0.15, -0.1) is 0 Å². The van der Waals surface area contributed by atoms with E-state index in [4.69, 9.17) is 15.9 Å². The first-order valence-electron chi connectivity index (χ1n) is 11.5. The van der Waals surface area contributed by atoms with Crippen LogP contribution in [0.25, 0.3) is 33.4 Å². The lowest BCUT2D eigenvalue weighted by Gasteiger charge is -2.17. The zero-order valence-corrected chi connectivity index (χ0v) is 19.2. The highest BCUT2D eigenvalue weighted by molar-refractivity contribution is 6.08. The van der Waals surface area contributed by atoms with Crippen molar-refractivity contribution in [3.63, 3.8) is 0 Å². The van der Waals surface area contributed by atoms with Crippen LogP contribution >= 0.6 is 0 Å². The van der Waals surface area contributed by atoms with Crippen LogP contribution in [0.4, 0.5) is 11.4 Å². The maximum absolute atomic E-state index is 12.4. The molecule has 1 aliphatic carbocycles. The van der Waals surface area contributed by atoms with E-state index in [9.17, 15) is 19.5 Å². The molecule has 0 atom stereocenters. The number of nitrogens with two attached hydrogens (primary N) is 2. The SMILES string of the molecule is NCCCCCCC(=O)Nc1ccc(-c2c3ccc(=O)cc-3oc3cc(N)ccc23)c(C(=O)O)c1. The molecule has 8 heteroatoms. The van der Waals surface area contributed by atoms with E-state index < -0.39 is 5.97 Å². The van der Waals surface area contributed by atoms with Crippen molar-refractivity contribution < 1.29 is 19.1 Å². The average molecular weight is 474 g/mol. The van der Waals surface area contributed by atoms with Gasteiger partial charge in [-0.3, -0.25) is 9.59 Å². The van der Waals surface area contributed by atoms with Crippen LogP contribution in [0.5, 0.6) is 0 Å². The van der Waals surface area contributed by atoms with Crippen molar-refractivity contribution in [1.29, 1.82) is 0 Å². The first kappa shape index (κ1) is 24.0. The van der Waals surface area contributed by atoms with Gasteiger partial charge in [-0.2, -0.15) is 0 Å². The van der Waals surface area contributed by atoms with Gasteiger partial charge < -0.3 is 26.3 Å². The number of anilines is 2. The summed E-state index contributed by atoms with van der Waals surface area (Å²) in [5, 5.41) is 13.5. The van der Waals surface area contributed by atoms with Crippen LogP contribution in [-0.4, -0.2) is 23.5 Å². The molecule has 2 aromatic carbocycles. The molecular formula is C27H27N3O5. The molecule has 1 heterocycles. The molecule has 8 nitrogen and oxygen atoms in total. The summed E-state index contributed by atoms with van der Waals surface area (Å²) in [7, 11) is 0. The summed E-state index contributed by atoms with van der Waals surface area (Å²) in [6.45, 7) is 0.641. The summed E-state index contributed by atoms with van der Waals surface area (Å²) in [4.78, 5) is 36.6. The number of carbonyl (C=O) groups is 2. The molecular weight excluding hydrogens is 446 g/mol. The smallest absolute Gasteiger partial charge is 0.336 e. The summed E-state index contributed by atoms with van der Waals surface area (Å²) >= 11 is 0. The molecule has 0 saturated heterocycles. The van der Waals surface area contributed by atoms with Crippen molar-refractivity contribution in [3.05, 3.63) is 70.4 Å². The Morgan fingerprint density at radius 3 is 2.46 bits per heavy atom. The zero-order chi connectivity index (χ0) is 24.9. The number of carboxylic acid groups (broad SMARTS) is 1. The number of hydrogen-bond donors (Lipinski definition) is 4. The number of amides is 1. The van der Waals surface area contributed by atoms with Crippen LogP contribution in [0, 0.1) is 0 Å². The number of carboxylic acids is 1. The Morgan fingerprint density at radius 2 is 1.69 bits per heavy atom. The molecule has 2 aromatic rings. The predicted octanol–water partition coefficient (Wildman–Crippen LogP) is 4.69. The molecule has 1 amide bonds. The van der Waals surface area contributed by atoms with Crippen molar-refractivity contribution in [2.24, 2.45) is 5.73 Å². The third kappa shape index (κ3) is 5.33. The molecule has 0 aromatic heterocycles. The van der Waals surface area contributed by atoms with E-state index in [1.807, 2.05) is 0 Å². The molecule has 180 valence electrons. The van der Waals surface area contributed by atoms with Gasteiger partial charge in [0.15, 0.2) is 5.43 Å². The van der Waals surface area contributed by atoms with E-state index in [0.717, 1.165) is 25.7 Å². The van der Waals surface area contributed by atoms with Crippen LogP contribution in [0.3, 0.4) is 0 Å². The largest absolute Gasteiger partial charge is 0.478 e. The third-order valence-electron chi connectivity index (χ3n) is 5.88. The summed E-state index contributed by atoms with van der Waals surface area (Å²) < 4.78 is 5.92. The summed E-state index contributed by atoms with van der Waals surface area (Å²) in [6.07, 6.45) is 3.92. The molecule has 2 aliphatic rings. The van der Waals surface area contributed by atoms with Crippen LogP contribution in [0.15, 0.2) is 63.8 Å². The van der Waals surface area contributed by atoms with Crippen LogP contribution in [0.2, 0.25) is 0 Å². The molecule has 1 aliphatic heterocycles. The number of hydrogen-bond acceptors (Lipinski definition) is 6. The molecule has 0 bridgehead atoms. The molecule has 35 heavy (non-hydrogen) atoms. The van der Waals surface area contributed by atoms with Crippen molar-refractivity contribution in [1.82, 2.24) is 0 Å². The van der Waals surface area contributed by atoms with E-state index in [1.54, 1.807) is 36.4 Å². The van der Waals surface area contributed by atoms with Gasteiger partial charge in [0, 0.05) is 46.4 Å². The average Bonchev–Trinajstić information content (AvgIpc) is 2.82. The molecule has 0 saturated carbocycles. The molecule has 0 spiro atoms. The molecule has 6 N–H and O–H groups in total. The fourth-order valence-electron chi connectivity index (χ4n) is 4.20. The Hall–Kier alpha value is -4.17. The van der Waals surface area contributed by atoms with Gasteiger partial charge in [-0.05, 0) is 61.3 Å². The molecule has 0 unspecified atom stereocenters. The van der Waals surface area contributed by atoms with Gasteiger partial charge in [0.2, 0.25) is 5.91 Å². The minimum atomic E-state index is -1.14. The quantitative estimate of drug-likeness (QED) is 0.156. The second kappa shape index (κ2) is 10.4. The van der Waals surface area contributed by atoms with Crippen LogP contribution in [0.1, 0.15) is 42.5 Å². The van der Waals surface area contributed by atoms with Crippen molar-refractivity contribution in [3.8, 4) is 22.5 Å².